The summed E-state index contributed by atoms with van der Waals surface area (Å²) in [7, 11) is -2.80. The summed E-state index contributed by atoms with van der Waals surface area (Å²) in [5, 5.41) is 14.3. The van der Waals surface area contributed by atoms with E-state index in [4.69, 9.17) is 13.9 Å². The van der Waals surface area contributed by atoms with Gasteiger partial charge in [0.2, 0.25) is 0 Å². The standard InChI is InChI=1S/C35H50O4Si/c1-8-10-12-20-26-35(36,27-21-13-11-9-2)32-31(38-34(6,7)39-32)28-37-40(33(3,4)5,29-22-16-14-17-23-29)30-24-18-15-19-25-30/h14-20,22-26,31-32,36H,8-13,28H2,1-7H3/b26-20+/t31-,32+,35-/m0/s1. The third-order valence-corrected chi connectivity index (χ3v) is 12.5. The molecule has 2 aromatic rings. The highest BCUT2D eigenvalue weighted by molar-refractivity contribution is 6.99. The van der Waals surface area contributed by atoms with Crippen LogP contribution >= 0.6 is 0 Å². The molecule has 1 aliphatic heterocycles. The Kier molecular flexibility index (Phi) is 11.4. The van der Waals surface area contributed by atoms with Crippen molar-refractivity contribution in [2.45, 2.75) is 116 Å². The van der Waals surface area contributed by atoms with Gasteiger partial charge in [-0.3, -0.25) is 0 Å². The summed E-state index contributed by atoms with van der Waals surface area (Å²) in [5.74, 6) is 5.53. The maximum atomic E-state index is 12.0. The lowest BCUT2D eigenvalue weighted by atomic mass is 9.92. The summed E-state index contributed by atoms with van der Waals surface area (Å²) in [6.07, 6.45) is 8.50. The summed E-state index contributed by atoms with van der Waals surface area (Å²) >= 11 is 0. The number of benzene rings is 2. The molecule has 1 saturated heterocycles. The molecule has 0 bridgehead atoms. The molecule has 3 atom stereocenters. The Hall–Kier alpha value is -2.20. The highest BCUT2D eigenvalue weighted by atomic mass is 28.4. The van der Waals surface area contributed by atoms with Crippen LogP contribution in [0.4, 0.5) is 0 Å². The van der Waals surface area contributed by atoms with E-state index < -0.39 is 31.9 Å². The lowest BCUT2D eigenvalue weighted by Gasteiger charge is -2.43. The Labute approximate surface area is 244 Å². The minimum atomic E-state index is -2.80. The van der Waals surface area contributed by atoms with Gasteiger partial charge in [-0.2, -0.15) is 0 Å². The third kappa shape index (κ3) is 7.75. The van der Waals surface area contributed by atoms with Crippen molar-refractivity contribution in [3.63, 3.8) is 0 Å². The Bertz CT molecular complexity index is 1090. The Balaban J connectivity index is 2.03. The van der Waals surface area contributed by atoms with Gasteiger partial charge in [0.15, 0.2) is 11.4 Å². The lowest BCUT2D eigenvalue weighted by Crippen LogP contribution is -2.67. The first-order valence-electron chi connectivity index (χ1n) is 15.0. The second-order valence-corrected chi connectivity index (χ2v) is 16.6. The van der Waals surface area contributed by atoms with E-state index in [9.17, 15) is 5.11 Å². The van der Waals surface area contributed by atoms with Gasteiger partial charge in [0.25, 0.3) is 8.32 Å². The van der Waals surface area contributed by atoms with Crippen molar-refractivity contribution in [2.75, 3.05) is 6.61 Å². The summed E-state index contributed by atoms with van der Waals surface area (Å²) in [6, 6.07) is 21.2. The van der Waals surface area contributed by atoms with Crippen LogP contribution in [-0.4, -0.2) is 43.6 Å². The first-order chi connectivity index (χ1) is 19.0. The zero-order valence-corrected chi connectivity index (χ0v) is 26.7. The predicted octanol–water partition coefficient (Wildman–Crippen LogP) is 6.75. The van der Waals surface area contributed by atoms with Gasteiger partial charge in [0.1, 0.15) is 12.2 Å². The molecule has 4 nitrogen and oxygen atoms in total. The second-order valence-electron chi connectivity index (χ2n) is 12.3. The minimum Gasteiger partial charge on any atom is -0.405 e. The smallest absolute Gasteiger partial charge is 0.261 e. The molecule has 0 amide bonds. The van der Waals surface area contributed by atoms with E-state index >= 15 is 0 Å². The van der Waals surface area contributed by atoms with Crippen molar-refractivity contribution < 1.29 is 19.0 Å². The van der Waals surface area contributed by atoms with E-state index in [1.807, 2.05) is 38.1 Å². The molecule has 40 heavy (non-hydrogen) atoms. The van der Waals surface area contributed by atoms with E-state index in [0.717, 1.165) is 38.5 Å². The number of allylic oxidation sites excluding steroid dienone is 1. The molecule has 0 spiro atoms. The van der Waals surface area contributed by atoms with Gasteiger partial charge < -0.3 is 19.0 Å². The van der Waals surface area contributed by atoms with Gasteiger partial charge in [-0.25, -0.2) is 0 Å². The number of hydrogen-bond acceptors (Lipinski definition) is 4. The van der Waals surface area contributed by atoms with Crippen LogP contribution in [0.5, 0.6) is 0 Å². The second kappa shape index (κ2) is 14.1. The van der Waals surface area contributed by atoms with E-state index in [1.54, 1.807) is 0 Å². The van der Waals surface area contributed by atoms with Crippen molar-refractivity contribution in [1.82, 2.24) is 0 Å². The maximum Gasteiger partial charge on any atom is 0.261 e. The molecule has 1 fully saturated rings. The molecule has 0 radical (unpaired) electrons. The average molecular weight is 563 g/mol. The van der Waals surface area contributed by atoms with Crippen molar-refractivity contribution in [3.8, 4) is 11.8 Å². The zero-order chi connectivity index (χ0) is 29.3. The van der Waals surface area contributed by atoms with Crippen LogP contribution in [0.25, 0.3) is 0 Å². The fourth-order valence-electron chi connectivity index (χ4n) is 5.56. The number of unbranched alkanes of at least 4 members (excludes halogenated alkanes) is 4. The van der Waals surface area contributed by atoms with Gasteiger partial charge in [0, 0.05) is 6.42 Å². The fourth-order valence-corrected chi connectivity index (χ4v) is 10.1. The molecular weight excluding hydrogens is 512 g/mol. The van der Waals surface area contributed by atoms with Crippen molar-refractivity contribution >= 4 is 18.7 Å². The van der Waals surface area contributed by atoms with Crippen molar-refractivity contribution in [2.24, 2.45) is 0 Å². The zero-order valence-electron chi connectivity index (χ0n) is 25.7. The molecule has 5 heteroatoms. The van der Waals surface area contributed by atoms with Gasteiger partial charge >= 0.3 is 0 Å². The summed E-state index contributed by atoms with van der Waals surface area (Å²) in [6.45, 7) is 15.2. The first kappa shape index (κ1) is 32.3. The van der Waals surface area contributed by atoms with Crippen molar-refractivity contribution in [1.29, 1.82) is 0 Å². The molecule has 0 aliphatic carbocycles. The van der Waals surface area contributed by atoms with Gasteiger partial charge in [-0.1, -0.05) is 132 Å². The minimum absolute atomic E-state index is 0.170. The Morgan fingerprint density at radius 2 is 1.50 bits per heavy atom. The normalized spacial score (nSPS) is 20.7. The molecule has 0 unspecified atom stereocenters. The monoisotopic (exact) mass is 562 g/mol. The largest absolute Gasteiger partial charge is 0.405 e. The highest BCUT2D eigenvalue weighted by Crippen LogP contribution is 2.39. The topological polar surface area (TPSA) is 47.9 Å². The molecule has 0 aromatic heterocycles. The van der Waals surface area contributed by atoms with E-state index in [-0.39, 0.29) is 11.6 Å². The Morgan fingerprint density at radius 3 is 2.02 bits per heavy atom. The fraction of sp³-hybridized carbons (Fsp3) is 0.543. The van der Waals surface area contributed by atoms with Crippen LogP contribution in [-0.2, 0) is 13.9 Å². The number of aliphatic hydroxyl groups is 1. The van der Waals surface area contributed by atoms with Gasteiger partial charge in [0.05, 0.1) is 6.61 Å². The van der Waals surface area contributed by atoms with Crippen LogP contribution in [0.15, 0.2) is 72.8 Å². The highest BCUT2D eigenvalue weighted by Gasteiger charge is 2.54. The average Bonchev–Trinajstić information content (AvgIpc) is 3.25. The van der Waals surface area contributed by atoms with Crippen LogP contribution < -0.4 is 10.4 Å². The van der Waals surface area contributed by atoms with Gasteiger partial charge in [-0.15, -0.1) is 0 Å². The van der Waals surface area contributed by atoms with Gasteiger partial charge in [-0.05, 0) is 48.2 Å². The Morgan fingerprint density at radius 1 is 0.925 bits per heavy atom. The van der Waals surface area contributed by atoms with E-state index in [0.29, 0.717) is 0 Å². The molecule has 1 N–H and O–H groups in total. The van der Waals surface area contributed by atoms with Crippen LogP contribution in [0.3, 0.4) is 0 Å². The SMILES string of the molecule is CCCCC#C[C@@](O)(/C=C/CCCC)[C@@H]1OC(C)(C)O[C@H]1CO[Si](c1ccccc1)(c1ccccc1)C(C)(C)C. The molecule has 3 rings (SSSR count). The molecule has 1 heterocycles. The van der Waals surface area contributed by atoms with E-state index in [1.165, 1.54) is 10.4 Å². The molecule has 2 aromatic carbocycles. The quantitative estimate of drug-likeness (QED) is 0.134. The van der Waals surface area contributed by atoms with Crippen LogP contribution in [0, 0.1) is 11.8 Å². The third-order valence-electron chi connectivity index (χ3n) is 7.54. The molecule has 1 aliphatic rings. The number of hydrogen-bond donors (Lipinski definition) is 1. The first-order valence-corrected chi connectivity index (χ1v) is 16.9. The molecule has 218 valence electrons. The van der Waals surface area contributed by atoms with Crippen LogP contribution in [0.2, 0.25) is 5.04 Å². The number of rotatable bonds is 12. The van der Waals surface area contributed by atoms with E-state index in [2.05, 4.69) is 95.0 Å². The van der Waals surface area contributed by atoms with Crippen molar-refractivity contribution in [3.05, 3.63) is 72.8 Å². The predicted molar refractivity (Wildman–Crippen MR) is 168 cm³/mol. The summed E-state index contributed by atoms with van der Waals surface area (Å²) in [5.41, 5.74) is -1.48. The summed E-state index contributed by atoms with van der Waals surface area (Å²) < 4.78 is 20.1. The maximum absolute atomic E-state index is 12.0. The van der Waals surface area contributed by atoms with Crippen LogP contribution in [0.1, 0.15) is 87.0 Å². The summed E-state index contributed by atoms with van der Waals surface area (Å²) in [4.78, 5) is 0. The molecule has 0 saturated carbocycles. The lowest BCUT2D eigenvalue weighted by molar-refractivity contribution is -0.158. The molecular formula is C35H50O4Si. The number of ether oxygens (including phenoxy) is 2.